The van der Waals surface area contributed by atoms with Crippen LogP contribution in [0.25, 0.3) is 0 Å². The summed E-state index contributed by atoms with van der Waals surface area (Å²) in [6.45, 7) is 3.51. The molecule has 1 unspecified atom stereocenters. The molecular weight excluding hydrogens is 329 g/mol. The number of halogens is 3. The Morgan fingerprint density at radius 2 is 1.76 bits per heavy atom. The van der Waals surface area contributed by atoms with Crippen molar-refractivity contribution in [2.45, 2.75) is 32.0 Å². The van der Waals surface area contributed by atoms with Gasteiger partial charge in [0.25, 0.3) is 0 Å². The number of hydrogen-bond acceptors (Lipinski definition) is 2. The van der Waals surface area contributed by atoms with Crippen LogP contribution in [0.4, 0.5) is 13.2 Å². The molecule has 0 radical (unpaired) electrons. The van der Waals surface area contributed by atoms with Crippen LogP contribution < -0.4 is 0 Å². The first-order chi connectivity index (χ1) is 11.9. The van der Waals surface area contributed by atoms with Crippen LogP contribution in [0.3, 0.4) is 0 Å². The highest BCUT2D eigenvalue weighted by molar-refractivity contribution is 5.76. The third kappa shape index (κ3) is 4.84. The number of carbonyl (C=O) groups excluding carboxylic acids is 1. The molecule has 0 bridgehead atoms. The topological polar surface area (TPSA) is 23.6 Å². The molecule has 0 saturated carbocycles. The minimum atomic E-state index is -4.29. The summed E-state index contributed by atoms with van der Waals surface area (Å²) in [4.78, 5) is 16.4. The Morgan fingerprint density at radius 3 is 2.32 bits per heavy atom. The zero-order valence-corrected chi connectivity index (χ0v) is 14.1. The van der Waals surface area contributed by atoms with E-state index in [1.54, 1.807) is 0 Å². The van der Waals surface area contributed by atoms with Crippen molar-refractivity contribution in [1.82, 2.24) is 9.80 Å². The van der Waals surface area contributed by atoms with Crippen molar-refractivity contribution in [1.29, 1.82) is 0 Å². The maximum absolute atomic E-state index is 12.6. The standard InChI is InChI=1S/C19H23F3N2O/c20-19(21,22)17-7-5-16(6-8-17)14-23-9-11-24(12-10-23)18(25)13-15-3-1-2-4-15/h1,3,5-8,15H,2,4,9-14H2. The molecule has 6 heteroatoms. The number of alkyl halides is 3. The summed E-state index contributed by atoms with van der Waals surface area (Å²) in [5, 5.41) is 0. The minimum absolute atomic E-state index is 0.214. The third-order valence-electron chi connectivity index (χ3n) is 4.96. The molecule has 1 aliphatic heterocycles. The van der Waals surface area contributed by atoms with Crippen molar-refractivity contribution >= 4 is 5.91 Å². The molecule has 1 amide bonds. The molecule has 3 nitrogen and oxygen atoms in total. The molecule has 1 saturated heterocycles. The predicted octanol–water partition coefficient (Wildman–Crippen LogP) is 3.71. The second-order valence-electron chi connectivity index (χ2n) is 6.82. The van der Waals surface area contributed by atoms with E-state index in [-0.39, 0.29) is 5.91 Å². The number of nitrogens with zero attached hydrogens (tertiary/aromatic N) is 2. The molecule has 1 heterocycles. The van der Waals surface area contributed by atoms with Gasteiger partial charge in [-0.1, -0.05) is 24.3 Å². The van der Waals surface area contributed by atoms with E-state index in [4.69, 9.17) is 0 Å². The van der Waals surface area contributed by atoms with E-state index < -0.39 is 11.7 Å². The Morgan fingerprint density at radius 1 is 1.08 bits per heavy atom. The Bertz CT molecular complexity index is 617. The average molecular weight is 352 g/mol. The SMILES string of the molecule is O=C(CC1C=CCC1)N1CCN(Cc2ccc(C(F)(F)F)cc2)CC1. The Labute approximate surface area is 146 Å². The van der Waals surface area contributed by atoms with Gasteiger partial charge in [0.15, 0.2) is 0 Å². The first kappa shape index (κ1) is 18.0. The summed E-state index contributed by atoms with van der Waals surface area (Å²) in [5.74, 6) is 0.600. The Hall–Kier alpha value is -1.82. The number of piperazine rings is 1. The maximum Gasteiger partial charge on any atom is 0.416 e. The van der Waals surface area contributed by atoms with Gasteiger partial charge in [-0.2, -0.15) is 13.2 Å². The van der Waals surface area contributed by atoms with Crippen molar-refractivity contribution in [2.75, 3.05) is 26.2 Å². The highest BCUT2D eigenvalue weighted by Crippen LogP contribution is 2.29. The number of benzene rings is 1. The number of allylic oxidation sites excluding steroid dienone is 2. The largest absolute Gasteiger partial charge is 0.416 e. The molecule has 136 valence electrons. The van der Waals surface area contributed by atoms with Gasteiger partial charge in [0, 0.05) is 39.1 Å². The van der Waals surface area contributed by atoms with Crippen LogP contribution in [0.15, 0.2) is 36.4 Å². The molecule has 3 rings (SSSR count). The van der Waals surface area contributed by atoms with E-state index in [9.17, 15) is 18.0 Å². The van der Waals surface area contributed by atoms with Crippen molar-refractivity contribution in [3.05, 3.63) is 47.5 Å². The van der Waals surface area contributed by atoms with Crippen LogP contribution in [-0.2, 0) is 17.5 Å². The lowest BCUT2D eigenvalue weighted by atomic mass is 10.0. The van der Waals surface area contributed by atoms with Crippen LogP contribution >= 0.6 is 0 Å². The lowest BCUT2D eigenvalue weighted by molar-refractivity contribution is -0.137. The summed E-state index contributed by atoms with van der Waals surface area (Å²) in [5.41, 5.74) is 0.247. The Balaban J connectivity index is 1.46. The molecular formula is C19H23F3N2O. The van der Waals surface area contributed by atoms with E-state index in [1.165, 1.54) is 12.1 Å². The van der Waals surface area contributed by atoms with Crippen LogP contribution in [0.2, 0.25) is 0 Å². The predicted molar refractivity (Wildman–Crippen MR) is 89.8 cm³/mol. The molecule has 1 fully saturated rings. The normalized spacial score (nSPS) is 21.7. The molecule has 1 aromatic rings. The monoisotopic (exact) mass is 352 g/mol. The number of carbonyl (C=O) groups is 1. The fraction of sp³-hybridized carbons (Fsp3) is 0.526. The lowest BCUT2D eigenvalue weighted by Gasteiger charge is -2.35. The molecule has 0 N–H and O–H groups in total. The van der Waals surface area contributed by atoms with Crippen LogP contribution in [0, 0.1) is 5.92 Å². The second kappa shape index (κ2) is 7.60. The van der Waals surface area contributed by atoms with E-state index >= 15 is 0 Å². The van der Waals surface area contributed by atoms with Crippen molar-refractivity contribution in [3.63, 3.8) is 0 Å². The fourth-order valence-electron chi connectivity index (χ4n) is 3.43. The van der Waals surface area contributed by atoms with Gasteiger partial charge in [-0.25, -0.2) is 0 Å². The Kier molecular flexibility index (Phi) is 5.47. The van der Waals surface area contributed by atoms with Gasteiger partial charge in [0.2, 0.25) is 5.91 Å². The van der Waals surface area contributed by atoms with Gasteiger partial charge in [-0.3, -0.25) is 9.69 Å². The molecule has 0 spiro atoms. The quantitative estimate of drug-likeness (QED) is 0.772. The average Bonchev–Trinajstić information content (AvgIpc) is 3.08. The van der Waals surface area contributed by atoms with E-state index in [1.807, 2.05) is 4.90 Å². The molecule has 1 atom stereocenters. The summed E-state index contributed by atoms with van der Waals surface area (Å²) < 4.78 is 37.8. The summed E-state index contributed by atoms with van der Waals surface area (Å²) >= 11 is 0. The van der Waals surface area contributed by atoms with E-state index in [0.717, 1.165) is 43.6 Å². The molecule has 1 aromatic carbocycles. The molecule has 25 heavy (non-hydrogen) atoms. The molecule has 1 aliphatic carbocycles. The van der Waals surface area contributed by atoms with Crippen LogP contribution in [-0.4, -0.2) is 41.9 Å². The highest BCUT2D eigenvalue weighted by atomic mass is 19.4. The van der Waals surface area contributed by atoms with Crippen LogP contribution in [0.5, 0.6) is 0 Å². The molecule has 0 aromatic heterocycles. The first-order valence-corrected chi connectivity index (χ1v) is 8.75. The molecule has 2 aliphatic rings. The van der Waals surface area contributed by atoms with Gasteiger partial charge >= 0.3 is 6.18 Å². The summed E-state index contributed by atoms with van der Waals surface area (Å²) in [6.07, 6.45) is 2.71. The van der Waals surface area contributed by atoms with E-state index in [2.05, 4.69) is 17.1 Å². The van der Waals surface area contributed by atoms with Gasteiger partial charge in [0.1, 0.15) is 0 Å². The maximum atomic E-state index is 12.6. The minimum Gasteiger partial charge on any atom is -0.340 e. The zero-order valence-electron chi connectivity index (χ0n) is 14.1. The number of rotatable bonds is 4. The fourth-order valence-corrected chi connectivity index (χ4v) is 3.43. The number of amides is 1. The van der Waals surface area contributed by atoms with Gasteiger partial charge < -0.3 is 4.90 Å². The first-order valence-electron chi connectivity index (χ1n) is 8.75. The highest BCUT2D eigenvalue weighted by Gasteiger charge is 2.30. The number of hydrogen-bond donors (Lipinski definition) is 0. The van der Waals surface area contributed by atoms with Crippen LogP contribution in [0.1, 0.15) is 30.4 Å². The third-order valence-corrected chi connectivity index (χ3v) is 4.96. The van der Waals surface area contributed by atoms with Gasteiger partial charge in [0.05, 0.1) is 5.56 Å². The lowest BCUT2D eigenvalue weighted by Crippen LogP contribution is -2.48. The van der Waals surface area contributed by atoms with Crippen molar-refractivity contribution < 1.29 is 18.0 Å². The van der Waals surface area contributed by atoms with Gasteiger partial charge in [-0.15, -0.1) is 0 Å². The van der Waals surface area contributed by atoms with Gasteiger partial charge in [-0.05, 0) is 36.5 Å². The summed E-state index contributed by atoms with van der Waals surface area (Å²) in [7, 11) is 0. The zero-order chi connectivity index (χ0) is 17.9. The second-order valence-corrected chi connectivity index (χ2v) is 6.82. The summed E-state index contributed by atoms with van der Waals surface area (Å²) in [6, 6.07) is 5.33. The van der Waals surface area contributed by atoms with Crippen molar-refractivity contribution in [2.24, 2.45) is 5.92 Å². The van der Waals surface area contributed by atoms with E-state index in [0.29, 0.717) is 32.0 Å². The smallest absolute Gasteiger partial charge is 0.340 e. The van der Waals surface area contributed by atoms with Crippen molar-refractivity contribution in [3.8, 4) is 0 Å².